The van der Waals surface area contributed by atoms with Crippen LogP contribution in [0.1, 0.15) is 134 Å². The molecule has 2 aromatic carbocycles. The largest absolute Gasteiger partial charge is 1.00 e. The number of esters is 1. The number of carboxylic acids is 1. The molecule has 2 aliphatic heterocycles. The molecule has 0 saturated carbocycles. The molecular formula is C69H85Cl3Li2N12O13. The zero-order chi connectivity index (χ0) is 69.4. The summed E-state index contributed by atoms with van der Waals surface area (Å²) in [5.74, 6) is -4.99. The van der Waals surface area contributed by atoms with Gasteiger partial charge >= 0.3 is 43.7 Å². The van der Waals surface area contributed by atoms with E-state index >= 15 is 0 Å². The first kappa shape index (κ1) is 85.9. The fourth-order valence-corrected chi connectivity index (χ4v) is 10.3. The predicted molar refractivity (Wildman–Crippen MR) is 366 cm³/mol. The number of ether oxygens (including phenoxy) is 1. The fraction of sp³-hybridized carbons (Fsp3) is 0.420. The molecule has 522 valence electrons. The molecule has 0 spiro atoms. The second kappa shape index (κ2) is 39.0. The molecule has 6 heterocycles. The maximum Gasteiger partial charge on any atom is 1.00 e. The molecule has 0 aliphatic carbocycles. The van der Waals surface area contributed by atoms with Gasteiger partial charge in [-0.15, -0.1) is 0 Å². The molecule has 30 heteroatoms. The zero-order valence-electron chi connectivity index (χ0n) is 56.4. The van der Waals surface area contributed by atoms with Gasteiger partial charge in [-0.25, -0.2) is 10.9 Å². The van der Waals surface area contributed by atoms with Crippen LogP contribution in [0.4, 0.5) is 0 Å². The van der Waals surface area contributed by atoms with Crippen LogP contribution in [0, 0.1) is 10.8 Å². The smallest absolute Gasteiger partial charge is 0.870 e. The molecule has 6 aromatic rings. The number of carboxylic acid groups (broad SMARTS) is 1. The number of amides is 6. The standard InChI is InChI=1S/C35H41Cl3N6O6.C33H40N6O6.CH4.2Li.H2O/c1-21(31(47)44-14-6-8-28(43-44)32(48)50-20-35(36,37)38)41-30(46)29(15-23-7-5-13-39-18-23)42-33(49)34(3,4)12-11-27-17-26-16-24(22(2)45)9-10-25(26)19-40-27;1-20(30(42)39-14-6-8-27(38-39)31(43)44)36-29(41)28(15-22-7-5-13-34-18-22)37-32(45)33(3,4)12-11-26-17-25-16-23(21(2)40)9-10-24(25)19-35-26;;;;/h5,7,9-13,16-19,21-22,28-29,43,45H,6,8,14-15,20H2,1-4H3,(H,41,46)(H,42,49);5,7,9-13,16-21,27-28,38,40H,6,8,14-15H2,1-4H3,(H,36,41)(H,37,45)(H,43,44);1H4;;;1H2/q;;;2*+1;/p-2/b2*12-11+;;;;/t21-,22+,28-,29-;20-,21+,27-,28-;;;;/m00..../s1. The number of rotatable bonds is 23. The van der Waals surface area contributed by atoms with Gasteiger partial charge in [0.2, 0.25) is 27.4 Å². The van der Waals surface area contributed by atoms with Gasteiger partial charge in [-0.1, -0.05) is 90.8 Å². The number of fused-ring (bicyclic) bond motifs is 2. The molecule has 0 bridgehead atoms. The van der Waals surface area contributed by atoms with Crippen molar-refractivity contribution < 1.29 is 102 Å². The number of aliphatic hydroxyl groups excluding tert-OH is 2. The van der Waals surface area contributed by atoms with Crippen LogP contribution in [0.3, 0.4) is 0 Å². The van der Waals surface area contributed by atoms with E-state index < -0.39 is 117 Å². The summed E-state index contributed by atoms with van der Waals surface area (Å²) in [5, 5.41) is 48.3. The Kier molecular flexibility index (Phi) is 33.9. The normalized spacial score (nSPS) is 16.6. The molecule has 9 N–H and O–H groups in total. The number of aliphatic carboxylic acids is 1. The van der Waals surface area contributed by atoms with Crippen molar-refractivity contribution >= 4 is 116 Å². The third kappa shape index (κ3) is 25.7. The first-order valence-electron chi connectivity index (χ1n) is 31.0. The van der Waals surface area contributed by atoms with Gasteiger partial charge in [0.1, 0.15) is 36.8 Å². The van der Waals surface area contributed by atoms with Crippen molar-refractivity contribution in [3.8, 4) is 0 Å². The van der Waals surface area contributed by atoms with E-state index in [-0.39, 0.29) is 76.6 Å². The van der Waals surface area contributed by atoms with E-state index in [1.54, 1.807) is 127 Å². The van der Waals surface area contributed by atoms with Gasteiger partial charge < -0.3 is 51.6 Å². The molecule has 2 aliphatic rings. The van der Waals surface area contributed by atoms with Gasteiger partial charge in [0.25, 0.3) is 11.8 Å². The number of hydrogen-bond acceptors (Lipinski definition) is 19. The number of carbonyl (C=O) groups is 8. The fourth-order valence-electron chi connectivity index (χ4n) is 10.1. The zero-order valence-corrected chi connectivity index (χ0v) is 58.7. The summed E-state index contributed by atoms with van der Waals surface area (Å²) in [5.41, 5.74) is 7.57. The molecule has 8 rings (SSSR count). The molecule has 8 atom stereocenters. The van der Waals surface area contributed by atoms with E-state index in [9.17, 15) is 53.7 Å². The Morgan fingerprint density at radius 1 is 0.616 bits per heavy atom. The van der Waals surface area contributed by atoms with Crippen LogP contribution in [-0.4, -0.2) is 153 Å². The summed E-state index contributed by atoms with van der Waals surface area (Å²) >= 11 is 17.0. The predicted octanol–water partition coefficient (Wildman–Crippen LogP) is 0.0312. The number of pyridine rings is 4. The van der Waals surface area contributed by atoms with E-state index in [4.69, 9.17) is 39.5 Å². The second-order valence-electron chi connectivity index (χ2n) is 24.7. The number of hydrazine groups is 2. The van der Waals surface area contributed by atoms with E-state index in [0.717, 1.165) is 32.7 Å². The quantitative estimate of drug-likeness (QED) is 0.0238. The maximum absolute atomic E-state index is 13.6. The molecular weight excluding hydrogens is 1330 g/mol. The first-order valence-corrected chi connectivity index (χ1v) is 32.1. The van der Waals surface area contributed by atoms with Crippen molar-refractivity contribution in [1.82, 2.24) is 62.1 Å². The SMILES string of the molecule is C.C[C@H](NC(=O)[C@H](Cc1cccnc1)NC(=O)C(C)(C)/C=C/c1cc2cc([C@@H](C)O)ccc2cn1)C(=O)N1CCC[C@@H](C(=O)OCC(Cl)(Cl)Cl)N1.C[C@H](NC(=O)[C@H](Cc1cccnc1)NC(=O)C(C)(C)/C=C/c1cc2cc([C@@H](C)O)ccc2cn1)C(=O)N1CCC[C@@H](C(=O)[O-])N1.[Li+].[Li+].[OH-]. The van der Waals surface area contributed by atoms with Crippen molar-refractivity contribution in [1.29, 1.82) is 0 Å². The van der Waals surface area contributed by atoms with Crippen molar-refractivity contribution in [2.24, 2.45) is 10.8 Å². The van der Waals surface area contributed by atoms with E-state index in [2.05, 4.69) is 52.1 Å². The number of carbonyl (C=O) groups excluding carboxylic acids is 8. The molecule has 4 aromatic heterocycles. The number of halogens is 3. The molecule has 2 fully saturated rings. The van der Waals surface area contributed by atoms with Crippen LogP contribution in [0.5, 0.6) is 0 Å². The average Bonchev–Trinajstić information content (AvgIpc) is 0.856. The molecule has 99 heavy (non-hydrogen) atoms. The van der Waals surface area contributed by atoms with Gasteiger partial charge in [-0.05, 0) is 163 Å². The Bertz CT molecular complexity index is 3800. The number of alkyl halides is 3. The van der Waals surface area contributed by atoms with E-state index in [1.807, 2.05) is 48.5 Å². The van der Waals surface area contributed by atoms with E-state index in [0.29, 0.717) is 48.2 Å². The molecule has 0 unspecified atom stereocenters. The number of nitrogens with one attached hydrogen (secondary N) is 6. The van der Waals surface area contributed by atoms with Crippen molar-refractivity contribution in [2.75, 3.05) is 19.7 Å². The summed E-state index contributed by atoms with van der Waals surface area (Å²) in [6.07, 6.45) is 17.4. The minimum absolute atomic E-state index is 0. The van der Waals surface area contributed by atoms with Gasteiger partial charge in [-0.2, -0.15) is 0 Å². The van der Waals surface area contributed by atoms with Gasteiger partial charge in [0.05, 0.1) is 46.4 Å². The van der Waals surface area contributed by atoms with Crippen LogP contribution in [0.2, 0.25) is 0 Å². The maximum atomic E-state index is 13.6. The Hall–Kier alpha value is -7.34. The Labute approximate surface area is 615 Å². The van der Waals surface area contributed by atoms with Crippen molar-refractivity contribution in [2.45, 2.75) is 154 Å². The summed E-state index contributed by atoms with van der Waals surface area (Å²) in [7, 11) is 0. The molecule has 25 nitrogen and oxygen atoms in total. The van der Waals surface area contributed by atoms with Crippen LogP contribution < -0.4 is 74.9 Å². The van der Waals surface area contributed by atoms with Crippen molar-refractivity contribution in [3.63, 3.8) is 0 Å². The summed E-state index contributed by atoms with van der Waals surface area (Å²) in [6, 6.07) is 16.1. The summed E-state index contributed by atoms with van der Waals surface area (Å²) < 4.78 is 3.28. The number of benzene rings is 2. The van der Waals surface area contributed by atoms with Crippen LogP contribution >= 0.6 is 34.8 Å². The minimum Gasteiger partial charge on any atom is -0.870 e. The molecule has 6 amide bonds. The Balaban J connectivity index is 0.000000498. The van der Waals surface area contributed by atoms with E-state index in [1.165, 1.54) is 23.9 Å². The second-order valence-corrected chi connectivity index (χ2v) is 27.2. The number of aromatic nitrogens is 4. The van der Waals surface area contributed by atoms with Gasteiger partial charge in [-0.3, -0.25) is 63.5 Å². The minimum atomic E-state index is -1.77. The molecule has 2 saturated heterocycles. The molecule has 0 radical (unpaired) electrons. The number of hydrogen-bond donors (Lipinski definition) is 8. The van der Waals surface area contributed by atoms with Gasteiger partial charge in [0.15, 0.2) is 0 Å². The topological polar surface area (TPSA) is 370 Å². The number of aliphatic hydroxyl groups is 2. The third-order valence-corrected chi connectivity index (χ3v) is 16.2. The Morgan fingerprint density at radius 3 is 1.39 bits per heavy atom. The van der Waals surface area contributed by atoms with Crippen LogP contribution in [-0.2, 0) is 55.9 Å². The Morgan fingerprint density at radius 2 is 1.02 bits per heavy atom. The van der Waals surface area contributed by atoms with Crippen molar-refractivity contribution in [3.05, 3.63) is 156 Å². The average molecular weight is 1410 g/mol. The van der Waals surface area contributed by atoms with Gasteiger partial charge in [0, 0.05) is 73.9 Å². The van der Waals surface area contributed by atoms with Crippen LogP contribution in [0.15, 0.2) is 122 Å². The summed E-state index contributed by atoms with van der Waals surface area (Å²) in [6.45, 7) is 13.4. The van der Waals surface area contributed by atoms with Crippen LogP contribution in [0.25, 0.3) is 33.7 Å². The monoisotopic (exact) mass is 1410 g/mol. The first-order chi connectivity index (χ1) is 44.9. The third-order valence-electron chi connectivity index (χ3n) is 15.9. The number of nitrogens with zero attached hydrogens (tertiary/aromatic N) is 6. The summed E-state index contributed by atoms with van der Waals surface area (Å²) in [4.78, 5) is 122.